The summed E-state index contributed by atoms with van der Waals surface area (Å²) in [6, 6.07) is 39.9. The van der Waals surface area contributed by atoms with Crippen LogP contribution in [0, 0.1) is 138 Å². The summed E-state index contributed by atoms with van der Waals surface area (Å²) in [4.78, 5) is 52.3. The van der Waals surface area contributed by atoms with Crippen LogP contribution in [-0.4, -0.2) is 64.8 Å². The first-order chi connectivity index (χ1) is 51.8. The summed E-state index contributed by atoms with van der Waals surface area (Å²) < 4.78 is 0. The van der Waals surface area contributed by atoms with Crippen molar-refractivity contribution in [2.45, 2.75) is 277 Å². The summed E-state index contributed by atoms with van der Waals surface area (Å²) >= 11 is 0. The molecule has 13 nitrogen and oxygen atoms in total. The van der Waals surface area contributed by atoms with Gasteiger partial charge in [0.25, 0.3) is 0 Å². The van der Waals surface area contributed by atoms with Gasteiger partial charge in [0.2, 0.25) is 0 Å². The second-order valence-corrected chi connectivity index (χ2v) is 21.6. The quantitative estimate of drug-likeness (QED) is 0.132. The molecule has 0 unspecified atom stereocenters. The van der Waals surface area contributed by atoms with Gasteiger partial charge in [-0.1, -0.05) is 210 Å². The van der Waals surface area contributed by atoms with Crippen molar-refractivity contribution < 1.29 is 0 Å². The van der Waals surface area contributed by atoms with Crippen LogP contribution < -0.4 is 0 Å². The summed E-state index contributed by atoms with van der Waals surface area (Å²) in [6.07, 6.45) is 21.7. The largest absolute Gasteiger partial charge is 0.264 e. The minimum atomic E-state index is 0.829. The highest BCUT2D eigenvalue weighted by atomic mass is 14.9. The van der Waals surface area contributed by atoms with Crippen molar-refractivity contribution in [1.82, 2.24) is 64.8 Å². The Morgan fingerprint density at radius 2 is 0.500 bits per heavy atom. The van der Waals surface area contributed by atoms with Gasteiger partial charge in [0.15, 0.2) is 0 Å². The Kier molecular flexibility index (Phi) is 84.3. The molecule has 0 bridgehead atoms. The molecule has 0 N–H and O–H groups in total. The smallest absolute Gasteiger partial charge is 0.125 e. The summed E-state index contributed by atoms with van der Waals surface area (Å²) in [5, 5.41) is 5.31. The van der Waals surface area contributed by atoms with E-state index in [2.05, 4.69) is 158 Å². The van der Waals surface area contributed by atoms with E-state index in [1.807, 2.05) is 342 Å². The normalized spacial score (nSPS) is 8.37. The van der Waals surface area contributed by atoms with Crippen molar-refractivity contribution in [2.75, 3.05) is 0 Å². The molecule has 12 rings (SSSR count). The maximum absolute atomic E-state index is 4.17. The van der Waals surface area contributed by atoms with Crippen molar-refractivity contribution in [3.05, 3.63) is 303 Å². The number of pyridine rings is 5. The molecule has 0 spiro atoms. The SMILES string of the molecule is CC.CC.CC.CC.CC.CC.CC.CC.CC.CC.Cc1ccc(C)nc1.Cc1ccc(C)nc1.Cc1ccc2cc3cc(C)ccc3cc2c1.Cc1cccc(C)n1.Cc1ccnc(C)c1.Cc1ccnc(C)n1.Cc1cnc(C)cn1.Cc1cnc(C)nc1.Cc1cncc(C)c1.Cc1cncc(C)n1. The highest BCUT2D eigenvalue weighted by Gasteiger charge is 1.99. The molecule has 596 valence electrons. The van der Waals surface area contributed by atoms with Crippen LogP contribution in [0.25, 0.3) is 21.5 Å². The standard InChI is InChI=1S/C16H14.5C7H9N.4C6H8N2.10C2H6/c1-11-3-5-13-10-16-8-12(2)4-6-14(16)9-15(13)7-11;1-6-3-7(2)5-8-4-6;1-6-3-4-8-7(2)5-6;2*1-6-3-4-7(2)8-5-6;1-6-4-3-5-7(2)8-6;1-5-3-8-6(2)4-7-5;1-5-3-7-4-6(2)8-5;1-5-3-7-6(2)8-4-5;1-5-3-4-7-6(2)8-5;10*1-2/h3-10H,1-2H3;5*3-5H,1-2H3;4*3-4H,1-2H3;10*1-2H3. The van der Waals surface area contributed by atoms with Crippen molar-refractivity contribution in [3.63, 3.8) is 0 Å². The molecule has 0 radical (unpaired) electrons. The number of hydrogen-bond acceptors (Lipinski definition) is 13. The van der Waals surface area contributed by atoms with E-state index in [-0.39, 0.29) is 0 Å². The molecule has 0 atom stereocenters. The van der Waals surface area contributed by atoms with Crippen molar-refractivity contribution >= 4 is 21.5 Å². The molecule has 0 saturated heterocycles. The van der Waals surface area contributed by atoms with Gasteiger partial charge < -0.3 is 0 Å². The number of benzene rings is 3. The van der Waals surface area contributed by atoms with Gasteiger partial charge in [-0.05, 0) is 248 Å². The fourth-order valence-corrected chi connectivity index (χ4v) is 7.47. The summed E-state index contributed by atoms with van der Waals surface area (Å²) in [6.45, 7) is 79.8. The van der Waals surface area contributed by atoms with Crippen LogP contribution in [0.1, 0.15) is 252 Å². The Balaban J connectivity index is -0.000000168. The zero-order valence-electron chi connectivity index (χ0n) is 75.7. The van der Waals surface area contributed by atoms with Gasteiger partial charge in [0, 0.05) is 109 Å². The van der Waals surface area contributed by atoms with Crippen LogP contribution in [-0.2, 0) is 0 Å². The third kappa shape index (κ3) is 66.9. The lowest BCUT2D eigenvalue weighted by Gasteiger charge is -2.04. The van der Waals surface area contributed by atoms with Crippen LogP contribution in [0.4, 0.5) is 0 Å². The minimum absolute atomic E-state index is 0.829. The molecule has 0 aliphatic rings. The van der Waals surface area contributed by atoms with E-state index >= 15 is 0 Å². The molecule has 12 aromatic rings. The molecule has 0 aliphatic heterocycles. The third-order valence-electron chi connectivity index (χ3n) is 11.9. The number of hydrogen-bond donors (Lipinski definition) is 0. The summed E-state index contributed by atoms with van der Waals surface area (Å²) in [7, 11) is 0. The van der Waals surface area contributed by atoms with Crippen molar-refractivity contribution in [2.24, 2.45) is 0 Å². The number of rotatable bonds is 0. The maximum atomic E-state index is 4.17. The van der Waals surface area contributed by atoms with E-state index < -0.39 is 0 Å². The average Bonchev–Trinajstić information content (AvgIpc) is 0.797. The van der Waals surface area contributed by atoms with Gasteiger partial charge in [0.05, 0.1) is 22.8 Å². The second-order valence-electron chi connectivity index (χ2n) is 21.6. The van der Waals surface area contributed by atoms with Crippen molar-refractivity contribution in [3.8, 4) is 0 Å². The van der Waals surface area contributed by atoms with Crippen LogP contribution in [0.15, 0.2) is 190 Å². The van der Waals surface area contributed by atoms with E-state index in [0.29, 0.717) is 0 Å². The number of aromatic nitrogens is 13. The molecule has 108 heavy (non-hydrogen) atoms. The monoisotopic (exact) mass is 1470 g/mol. The molecule has 0 fully saturated rings. The summed E-state index contributed by atoms with van der Waals surface area (Å²) in [5.41, 5.74) is 20.2. The Morgan fingerprint density at radius 1 is 0.167 bits per heavy atom. The lowest BCUT2D eigenvalue weighted by molar-refractivity contribution is 1.01. The molecule has 0 amide bonds. The molecule has 0 saturated carbocycles. The zero-order chi connectivity index (χ0) is 85.0. The van der Waals surface area contributed by atoms with Gasteiger partial charge in [-0.15, -0.1) is 0 Å². The second kappa shape index (κ2) is 79.8. The molecule has 13 heteroatoms. The minimum Gasteiger partial charge on any atom is -0.264 e. The highest BCUT2D eigenvalue weighted by molar-refractivity contribution is 5.98. The van der Waals surface area contributed by atoms with E-state index in [1.54, 1.807) is 31.0 Å². The third-order valence-corrected chi connectivity index (χ3v) is 11.9. The van der Waals surface area contributed by atoms with Crippen LogP contribution in [0.3, 0.4) is 0 Å². The van der Waals surface area contributed by atoms with Crippen LogP contribution in [0.5, 0.6) is 0 Å². The fraction of sp³-hybridized carbons (Fsp3) is 0.421. The lowest BCUT2D eigenvalue weighted by atomic mass is 10.0. The Labute approximate surface area is 662 Å². The Morgan fingerprint density at radius 3 is 0.750 bits per heavy atom. The van der Waals surface area contributed by atoms with Crippen LogP contribution in [0.2, 0.25) is 0 Å². The molecular weight excluding hydrogens is 1320 g/mol. The van der Waals surface area contributed by atoms with Gasteiger partial charge in [-0.3, -0.25) is 44.9 Å². The number of nitrogens with zero attached hydrogens (tertiary/aromatic N) is 13. The van der Waals surface area contributed by atoms with E-state index in [4.69, 9.17) is 0 Å². The topological polar surface area (TPSA) is 168 Å². The molecular formula is C95H151N13. The average molecular weight is 1480 g/mol. The zero-order valence-corrected chi connectivity index (χ0v) is 75.7. The van der Waals surface area contributed by atoms with E-state index in [0.717, 1.165) is 74.2 Å². The van der Waals surface area contributed by atoms with E-state index in [9.17, 15) is 0 Å². The first kappa shape index (κ1) is 114. The van der Waals surface area contributed by atoms with Crippen LogP contribution >= 0.6 is 0 Å². The van der Waals surface area contributed by atoms with Gasteiger partial charge in [-0.25, -0.2) is 19.9 Å². The highest BCUT2D eigenvalue weighted by Crippen LogP contribution is 2.24. The Bertz CT molecular complexity index is 3250. The first-order valence-corrected chi connectivity index (χ1v) is 39.2. The predicted molar refractivity (Wildman–Crippen MR) is 479 cm³/mol. The fourth-order valence-electron chi connectivity index (χ4n) is 7.47. The Hall–Kier alpha value is -9.75. The van der Waals surface area contributed by atoms with Crippen molar-refractivity contribution in [1.29, 1.82) is 0 Å². The molecule has 3 aromatic carbocycles. The number of fused-ring (bicyclic) bond motifs is 2. The van der Waals surface area contributed by atoms with E-state index in [1.165, 1.54) is 60.5 Å². The first-order valence-electron chi connectivity index (χ1n) is 39.2. The summed E-state index contributed by atoms with van der Waals surface area (Å²) in [5.74, 6) is 1.67. The maximum Gasteiger partial charge on any atom is 0.125 e. The van der Waals surface area contributed by atoms with Gasteiger partial charge in [0.1, 0.15) is 11.6 Å². The lowest BCUT2D eigenvalue weighted by Crippen LogP contribution is -1.86. The van der Waals surface area contributed by atoms with Gasteiger partial charge in [-0.2, -0.15) is 0 Å². The molecule has 9 heterocycles. The number of aryl methyl sites for hydroxylation is 20. The molecule has 0 aliphatic carbocycles. The van der Waals surface area contributed by atoms with Gasteiger partial charge >= 0.3 is 0 Å². The predicted octanol–water partition coefficient (Wildman–Crippen LogP) is 27.7. The molecule has 9 aromatic heterocycles.